The average Bonchev–Trinajstić information content (AvgIpc) is 2.08. The van der Waals surface area contributed by atoms with E-state index in [-0.39, 0.29) is 6.04 Å². The number of rotatable bonds is 3. The summed E-state index contributed by atoms with van der Waals surface area (Å²) in [4.78, 5) is 0. The summed E-state index contributed by atoms with van der Waals surface area (Å²) >= 11 is 0. The predicted molar refractivity (Wildman–Crippen MR) is 55.1 cm³/mol. The number of nitrogens with two attached hydrogens (primary N) is 1. The first kappa shape index (κ1) is 10.1. The van der Waals surface area contributed by atoms with Crippen molar-refractivity contribution < 1.29 is 4.74 Å². The number of hydrogen-bond acceptors (Lipinski definition) is 2. The van der Waals surface area contributed by atoms with Crippen LogP contribution in [0.4, 0.5) is 0 Å². The lowest BCUT2D eigenvalue weighted by molar-refractivity contribution is 0.414. The van der Waals surface area contributed by atoms with Gasteiger partial charge >= 0.3 is 0 Å². The second-order valence-corrected chi connectivity index (χ2v) is 3.47. The number of ether oxygens (including phenoxy) is 1. The zero-order valence-electron chi connectivity index (χ0n) is 8.50. The van der Waals surface area contributed by atoms with Gasteiger partial charge in [0.2, 0.25) is 0 Å². The zero-order valence-corrected chi connectivity index (χ0v) is 8.50. The molecule has 1 rings (SSSR count). The molecule has 0 aromatic heterocycles. The van der Waals surface area contributed by atoms with Crippen molar-refractivity contribution in [3.8, 4) is 5.75 Å². The molecule has 2 N–H and O–H groups in total. The molecule has 1 atom stereocenters. The standard InChI is InChI=1S/C11H17NO/c1-8-4-5-11(13-3)7-10(8)6-9(2)12/h4-5,7,9H,6,12H2,1-3H3/t9-/m1/s1. The summed E-state index contributed by atoms with van der Waals surface area (Å²) in [5.74, 6) is 0.904. The Hall–Kier alpha value is -1.02. The van der Waals surface area contributed by atoms with E-state index in [0.29, 0.717) is 0 Å². The van der Waals surface area contributed by atoms with Crippen molar-refractivity contribution in [1.29, 1.82) is 0 Å². The molecule has 0 aliphatic carbocycles. The molecular weight excluding hydrogens is 162 g/mol. The van der Waals surface area contributed by atoms with Gasteiger partial charge in [0.05, 0.1) is 7.11 Å². The van der Waals surface area contributed by atoms with E-state index in [0.717, 1.165) is 12.2 Å². The fraction of sp³-hybridized carbons (Fsp3) is 0.455. The van der Waals surface area contributed by atoms with E-state index in [1.165, 1.54) is 11.1 Å². The van der Waals surface area contributed by atoms with Crippen LogP contribution in [0.3, 0.4) is 0 Å². The molecule has 0 saturated heterocycles. The van der Waals surface area contributed by atoms with Crippen LogP contribution in [-0.4, -0.2) is 13.2 Å². The second kappa shape index (κ2) is 4.28. The molecule has 1 aromatic carbocycles. The van der Waals surface area contributed by atoms with E-state index >= 15 is 0 Å². The molecule has 2 nitrogen and oxygen atoms in total. The van der Waals surface area contributed by atoms with Gasteiger partial charge in [-0.3, -0.25) is 0 Å². The number of aryl methyl sites for hydroxylation is 1. The van der Waals surface area contributed by atoms with Crippen molar-refractivity contribution in [2.75, 3.05) is 7.11 Å². The molecule has 72 valence electrons. The molecule has 0 bridgehead atoms. The highest BCUT2D eigenvalue weighted by Gasteiger charge is 2.03. The summed E-state index contributed by atoms with van der Waals surface area (Å²) in [7, 11) is 1.68. The minimum absolute atomic E-state index is 0.200. The lowest BCUT2D eigenvalue weighted by Gasteiger charge is -2.10. The molecule has 0 radical (unpaired) electrons. The van der Waals surface area contributed by atoms with Crippen LogP contribution in [0.5, 0.6) is 5.75 Å². The SMILES string of the molecule is COc1ccc(C)c(C[C@@H](C)N)c1. The third kappa shape index (κ3) is 2.74. The lowest BCUT2D eigenvalue weighted by atomic mass is 10.0. The van der Waals surface area contributed by atoms with Crippen LogP contribution in [-0.2, 0) is 6.42 Å². The van der Waals surface area contributed by atoms with Crippen LogP contribution in [0.2, 0.25) is 0 Å². The monoisotopic (exact) mass is 179 g/mol. The van der Waals surface area contributed by atoms with Gasteiger partial charge in [0.1, 0.15) is 5.75 Å². The van der Waals surface area contributed by atoms with Crippen molar-refractivity contribution in [2.45, 2.75) is 26.3 Å². The van der Waals surface area contributed by atoms with Crippen molar-refractivity contribution >= 4 is 0 Å². The molecule has 1 aromatic rings. The Balaban J connectivity index is 2.90. The van der Waals surface area contributed by atoms with Crippen LogP contribution in [0.25, 0.3) is 0 Å². The van der Waals surface area contributed by atoms with E-state index in [4.69, 9.17) is 10.5 Å². The van der Waals surface area contributed by atoms with Gasteiger partial charge in [-0.15, -0.1) is 0 Å². The molecule has 0 heterocycles. The highest BCUT2D eigenvalue weighted by Crippen LogP contribution is 2.17. The van der Waals surface area contributed by atoms with Gasteiger partial charge in [-0.05, 0) is 43.5 Å². The van der Waals surface area contributed by atoms with Gasteiger partial charge in [0.15, 0.2) is 0 Å². The first-order chi connectivity index (χ1) is 6.13. The molecule has 0 spiro atoms. The van der Waals surface area contributed by atoms with Crippen molar-refractivity contribution in [3.63, 3.8) is 0 Å². The first-order valence-corrected chi connectivity index (χ1v) is 4.52. The minimum Gasteiger partial charge on any atom is -0.497 e. The van der Waals surface area contributed by atoms with E-state index in [1.54, 1.807) is 7.11 Å². The maximum atomic E-state index is 5.74. The van der Waals surface area contributed by atoms with Crippen LogP contribution in [0, 0.1) is 6.92 Å². The van der Waals surface area contributed by atoms with Gasteiger partial charge < -0.3 is 10.5 Å². The summed E-state index contributed by atoms with van der Waals surface area (Å²) in [6.07, 6.45) is 0.906. The van der Waals surface area contributed by atoms with Gasteiger partial charge in [0.25, 0.3) is 0 Å². The number of benzene rings is 1. The summed E-state index contributed by atoms with van der Waals surface area (Å²) in [5, 5.41) is 0. The molecule has 0 fully saturated rings. The Bertz CT molecular complexity index is 281. The second-order valence-electron chi connectivity index (χ2n) is 3.47. The maximum Gasteiger partial charge on any atom is 0.119 e. The highest BCUT2D eigenvalue weighted by molar-refractivity contribution is 5.35. The van der Waals surface area contributed by atoms with Crippen LogP contribution in [0.15, 0.2) is 18.2 Å². The fourth-order valence-corrected chi connectivity index (χ4v) is 1.34. The molecule has 0 saturated carbocycles. The van der Waals surface area contributed by atoms with Crippen LogP contribution < -0.4 is 10.5 Å². The van der Waals surface area contributed by atoms with E-state index < -0.39 is 0 Å². The third-order valence-corrected chi connectivity index (χ3v) is 2.10. The first-order valence-electron chi connectivity index (χ1n) is 4.52. The maximum absolute atomic E-state index is 5.74. The normalized spacial score (nSPS) is 12.6. The summed E-state index contributed by atoms with van der Waals surface area (Å²) in [6.45, 7) is 4.11. The Morgan fingerprint density at radius 2 is 2.15 bits per heavy atom. The Labute approximate surface area is 79.7 Å². The van der Waals surface area contributed by atoms with E-state index in [2.05, 4.69) is 19.1 Å². The van der Waals surface area contributed by atoms with Gasteiger partial charge in [-0.25, -0.2) is 0 Å². The zero-order chi connectivity index (χ0) is 9.84. The lowest BCUT2D eigenvalue weighted by Crippen LogP contribution is -2.18. The van der Waals surface area contributed by atoms with Gasteiger partial charge in [-0.2, -0.15) is 0 Å². The van der Waals surface area contributed by atoms with Gasteiger partial charge in [-0.1, -0.05) is 6.07 Å². The van der Waals surface area contributed by atoms with Crippen molar-refractivity contribution in [1.82, 2.24) is 0 Å². The summed E-state index contributed by atoms with van der Waals surface area (Å²) in [6, 6.07) is 6.29. The third-order valence-electron chi connectivity index (χ3n) is 2.10. The van der Waals surface area contributed by atoms with Gasteiger partial charge in [0, 0.05) is 6.04 Å². The quantitative estimate of drug-likeness (QED) is 0.769. The smallest absolute Gasteiger partial charge is 0.119 e. The summed E-state index contributed by atoms with van der Waals surface area (Å²) < 4.78 is 5.15. The number of methoxy groups -OCH3 is 1. The van der Waals surface area contributed by atoms with E-state index in [9.17, 15) is 0 Å². The summed E-state index contributed by atoms with van der Waals surface area (Å²) in [5.41, 5.74) is 8.29. The fourth-order valence-electron chi connectivity index (χ4n) is 1.34. The molecule has 13 heavy (non-hydrogen) atoms. The highest BCUT2D eigenvalue weighted by atomic mass is 16.5. The number of hydrogen-bond donors (Lipinski definition) is 1. The van der Waals surface area contributed by atoms with Crippen LogP contribution in [0.1, 0.15) is 18.1 Å². The topological polar surface area (TPSA) is 35.2 Å². The molecule has 0 amide bonds. The van der Waals surface area contributed by atoms with E-state index in [1.807, 2.05) is 13.0 Å². The molecule has 2 heteroatoms. The molecule has 0 aliphatic rings. The largest absolute Gasteiger partial charge is 0.497 e. The molecule has 0 aliphatic heterocycles. The van der Waals surface area contributed by atoms with Crippen LogP contribution >= 0.6 is 0 Å². The van der Waals surface area contributed by atoms with Crippen molar-refractivity contribution in [2.24, 2.45) is 5.73 Å². The Kier molecular flexibility index (Phi) is 3.32. The Morgan fingerprint density at radius 3 is 2.69 bits per heavy atom. The molecule has 0 unspecified atom stereocenters. The minimum atomic E-state index is 0.200. The average molecular weight is 179 g/mol. The predicted octanol–water partition coefficient (Wildman–Crippen LogP) is 1.89. The van der Waals surface area contributed by atoms with Crippen molar-refractivity contribution in [3.05, 3.63) is 29.3 Å². The Morgan fingerprint density at radius 1 is 1.46 bits per heavy atom. The molecular formula is C11H17NO.